The number of aromatic nitrogens is 1. The number of pyridine rings is 1. The van der Waals surface area contributed by atoms with E-state index in [4.69, 9.17) is 0 Å². The van der Waals surface area contributed by atoms with Crippen molar-refractivity contribution in [3.05, 3.63) is 53.5 Å². The topological polar surface area (TPSA) is 12.9 Å². The van der Waals surface area contributed by atoms with Crippen LogP contribution in [-0.4, -0.2) is 4.98 Å². The zero-order valence-corrected chi connectivity index (χ0v) is 17.0. The highest BCUT2D eigenvalue weighted by molar-refractivity contribution is 5.60. The SMILES string of the molecule is CCCC[C@@H]1CCCC[C@H]1CCc1ccc(-c2ccc(CC)cn2)c(F)c1. The van der Waals surface area contributed by atoms with E-state index in [1.54, 1.807) is 6.07 Å². The molecule has 2 heteroatoms. The molecule has 146 valence electrons. The van der Waals surface area contributed by atoms with Crippen LogP contribution < -0.4 is 0 Å². The Labute approximate surface area is 164 Å². The fourth-order valence-electron chi connectivity index (χ4n) is 4.58. The molecule has 0 amide bonds. The lowest BCUT2D eigenvalue weighted by Crippen LogP contribution is -2.20. The second kappa shape index (κ2) is 10.0. The average molecular weight is 368 g/mol. The van der Waals surface area contributed by atoms with Gasteiger partial charge in [0.05, 0.1) is 5.69 Å². The molecule has 0 saturated heterocycles. The molecule has 1 saturated carbocycles. The molecule has 0 aliphatic heterocycles. The Morgan fingerprint density at radius 1 is 0.963 bits per heavy atom. The van der Waals surface area contributed by atoms with Gasteiger partial charge in [-0.25, -0.2) is 4.39 Å². The van der Waals surface area contributed by atoms with E-state index >= 15 is 0 Å². The summed E-state index contributed by atoms with van der Waals surface area (Å²) in [6, 6.07) is 9.70. The lowest BCUT2D eigenvalue weighted by molar-refractivity contribution is 0.208. The van der Waals surface area contributed by atoms with Crippen molar-refractivity contribution >= 4 is 0 Å². The zero-order valence-electron chi connectivity index (χ0n) is 17.0. The number of nitrogens with zero attached hydrogens (tertiary/aromatic N) is 1. The van der Waals surface area contributed by atoms with Crippen LogP contribution in [0.3, 0.4) is 0 Å². The van der Waals surface area contributed by atoms with E-state index in [1.807, 2.05) is 24.4 Å². The molecule has 1 aliphatic carbocycles. The summed E-state index contributed by atoms with van der Waals surface area (Å²) in [4.78, 5) is 4.43. The Hall–Kier alpha value is -1.70. The summed E-state index contributed by atoms with van der Waals surface area (Å²) in [5, 5.41) is 0. The Kier molecular flexibility index (Phi) is 7.43. The van der Waals surface area contributed by atoms with Crippen LogP contribution in [0, 0.1) is 17.7 Å². The van der Waals surface area contributed by atoms with Gasteiger partial charge in [0.25, 0.3) is 0 Å². The quantitative estimate of drug-likeness (QED) is 0.474. The number of hydrogen-bond acceptors (Lipinski definition) is 1. The van der Waals surface area contributed by atoms with Gasteiger partial charge in [0.2, 0.25) is 0 Å². The van der Waals surface area contributed by atoms with Gasteiger partial charge in [-0.3, -0.25) is 4.98 Å². The van der Waals surface area contributed by atoms with E-state index in [0.717, 1.165) is 35.9 Å². The smallest absolute Gasteiger partial charge is 0.132 e. The first-order chi connectivity index (χ1) is 13.2. The predicted molar refractivity (Wildman–Crippen MR) is 112 cm³/mol. The van der Waals surface area contributed by atoms with Crippen molar-refractivity contribution in [2.45, 2.75) is 78.1 Å². The molecule has 0 spiro atoms. The largest absolute Gasteiger partial charge is 0.256 e. The number of aryl methyl sites for hydroxylation is 2. The van der Waals surface area contributed by atoms with E-state index in [2.05, 4.69) is 24.9 Å². The minimum atomic E-state index is -0.143. The van der Waals surface area contributed by atoms with Crippen LogP contribution >= 0.6 is 0 Å². The summed E-state index contributed by atoms with van der Waals surface area (Å²) in [5.41, 5.74) is 3.64. The van der Waals surface area contributed by atoms with Gasteiger partial charge < -0.3 is 0 Å². The summed E-state index contributed by atoms with van der Waals surface area (Å²) >= 11 is 0. The predicted octanol–water partition coefficient (Wildman–Crippen LogP) is 7.38. The van der Waals surface area contributed by atoms with Gasteiger partial charge in [0.15, 0.2) is 0 Å². The molecule has 3 rings (SSSR count). The summed E-state index contributed by atoms with van der Waals surface area (Å²) in [7, 11) is 0. The lowest BCUT2D eigenvalue weighted by Gasteiger charge is -2.31. The van der Waals surface area contributed by atoms with Gasteiger partial charge in [-0.1, -0.05) is 70.9 Å². The molecule has 1 nitrogen and oxygen atoms in total. The third-order valence-corrected chi connectivity index (χ3v) is 6.34. The van der Waals surface area contributed by atoms with E-state index in [1.165, 1.54) is 56.9 Å². The molecular formula is C25H34FN. The normalized spacial score (nSPS) is 20.0. The maximum absolute atomic E-state index is 14.7. The molecule has 1 fully saturated rings. The lowest BCUT2D eigenvalue weighted by atomic mass is 9.74. The minimum Gasteiger partial charge on any atom is -0.256 e. The first-order valence-corrected chi connectivity index (χ1v) is 10.9. The van der Waals surface area contributed by atoms with Crippen LogP contribution in [0.5, 0.6) is 0 Å². The highest BCUT2D eigenvalue weighted by atomic mass is 19.1. The van der Waals surface area contributed by atoms with Crippen molar-refractivity contribution in [1.29, 1.82) is 0 Å². The van der Waals surface area contributed by atoms with Crippen molar-refractivity contribution in [2.24, 2.45) is 11.8 Å². The van der Waals surface area contributed by atoms with Gasteiger partial charge in [-0.05, 0) is 60.4 Å². The molecule has 0 unspecified atom stereocenters. The molecule has 1 aliphatic rings. The van der Waals surface area contributed by atoms with E-state index < -0.39 is 0 Å². The van der Waals surface area contributed by atoms with E-state index in [0.29, 0.717) is 5.56 Å². The first-order valence-electron chi connectivity index (χ1n) is 10.9. The number of rotatable bonds is 8. The van der Waals surface area contributed by atoms with Crippen molar-refractivity contribution in [3.8, 4) is 11.3 Å². The van der Waals surface area contributed by atoms with Gasteiger partial charge in [-0.2, -0.15) is 0 Å². The molecule has 1 heterocycles. The Morgan fingerprint density at radius 3 is 2.33 bits per heavy atom. The number of unbranched alkanes of at least 4 members (excludes halogenated alkanes) is 1. The summed E-state index contributed by atoms with van der Waals surface area (Å²) in [6.45, 7) is 4.39. The van der Waals surface area contributed by atoms with Gasteiger partial charge in [0.1, 0.15) is 5.82 Å². The van der Waals surface area contributed by atoms with Crippen LogP contribution in [0.15, 0.2) is 36.5 Å². The molecule has 0 bridgehead atoms. The number of benzene rings is 1. The van der Waals surface area contributed by atoms with Crippen LogP contribution in [0.2, 0.25) is 0 Å². The average Bonchev–Trinajstić information content (AvgIpc) is 2.71. The van der Waals surface area contributed by atoms with Crippen molar-refractivity contribution < 1.29 is 4.39 Å². The number of hydrogen-bond donors (Lipinski definition) is 0. The molecular weight excluding hydrogens is 333 g/mol. The highest BCUT2D eigenvalue weighted by Gasteiger charge is 2.24. The van der Waals surface area contributed by atoms with E-state index in [-0.39, 0.29) is 5.82 Å². The third kappa shape index (κ3) is 5.40. The Bertz CT molecular complexity index is 707. The Morgan fingerprint density at radius 2 is 1.70 bits per heavy atom. The molecule has 2 aromatic rings. The minimum absolute atomic E-state index is 0.143. The zero-order chi connectivity index (χ0) is 19.1. The fraction of sp³-hybridized carbons (Fsp3) is 0.560. The molecule has 1 aromatic heterocycles. The monoisotopic (exact) mass is 367 g/mol. The van der Waals surface area contributed by atoms with Crippen molar-refractivity contribution in [1.82, 2.24) is 4.98 Å². The second-order valence-electron chi connectivity index (χ2n) is 8.20. The molecule has 0 radical (unpaired) electrons. The third-order valence-electron chi connectivity index (χ3n) is 6.34. The van der Waals surface area contributed by atoms with Gasteiger partial charge >= 0.3 is 0 Å². The molecule has 27 heavy (non-hydrogen) atoms. The van der Waals surface area contributed by atoms with Crippen molar-refractivity contribution in [3.63, 3.8) is 0 Å². The van der Waals surface area contributed by atoms with E-state index in [9.17, 15) is 4.39 Å². The van der Waals surface area contributed by atoms with Crippen LogP contribution in [0.25, 0.3) is 11.3 Å². The molecule has 2 atom stereocenters. The van der Waals surface area contributed by atoms with Gasteiger partial charge in [0, 0.05) is 11.8 Å². The molecule has 0 N–H and O–H groups in total. The van der Waals surface area contributed by atoms with Crippen molar-refractivity contribution in [2.75, 3.05) is 0 Å². The number of halogens is 1. The maximum Gasteiger partial charge on any atom is 0.132 e. The van der Waals surface area contributed by atoms with Crippen LogP contribution in [0.1, 0.15) is 76.3 Å². The summed E-state index contributed by atoms with van der Waals surface area (Å²) in [6.07, 6.45) is 14.6. The summed E-state index contributed by atoms with van der Waals surface area (Å²) < 4.78 is 14.7. The second-order valence-corrected chi connectivity index (χ2v) is 8.20. The maximum atomic E-state index is 14.7. The first kappa shape index (κ1) is 20.0. The van der Waals surface area contributed by atoms with Gasteiger partial charge in [-0.15, -0.1) is 0 Å². The standard InChI is InChI=1S/C25H34FN/c1-3-5-8-21-9-6-7-10-22(21)14-11-20-12-15-23(24(26)17-20)25-16-13-19(4-2)18-27-25/h12-13,15-18,21-22H,3-11,14H2,1-2H3/t21-,22+/m1/s1. The van der Waals surface area contributed by atoms with Crippen LogP contribution in [-0.2, 0) is 12.8 Å². The fourth-order valence-corrected chi connectivity index (χ4v) is 4.58. The summed E-state index contributed by atoms with van der Waals surface area (Å²) in [5.74, 6) is 1.58. The van der Waals surface area contributed by atoms with Crippen LogP contribution in [0.4, 0.5) is 4.39 Å². The molecule has 1 aromatic carbocycles. The Balaban J connectivity index is 1.63. The highest BCUT2D eigenvalue weighted by Crippen LogP contribution is 2.36.